The summed E-state index contributed by atoms with van der Waals surface area (Å²) in [6.07, 6.45) is 0.509. The molecule has 0 aliphatic carbocycles. The molecule has 254 valence electrons. The zero-order valence-corrected chi connectivity index (χ0v) is 28.3. The van der Waals surface area contributed by atoms with Gasteiger partial charge < -0.3 is 19.5 Å². The summed E-state index contributed by atoms with van der Waals surface area (Å²) in [5.41, 5.74) is 4.82. The molecule has 9 heteroatoms. The van der Waals surface area contributed by atoms with E-state index in [2.05, 4.69) is 51.6 Å². The maximum atomic E-state index is 11.9. The van der Waals surface area contributed by atoms with Crippen LogP contribution in [0.5, 0.6) is 11.5 Å². The Kier molecular flexibility index (Phi) is 9.34. The van der Waals surface area contributed by atoms with Crippen LogP contribution in [-0.2, 0) is 18.6 Å². The smallest absolute Gasteiger partial charge is 0.410 e. The number of nitrogens with one attached hydrogen (secondary N) is 1. The first kappa shape index (κ1) is 32.9. The molecule has 7 aromatic rings. The zero-order valence-electron chi connectivity index (χ0n) is 28.3. The van der Waals surface area contributed by atoms with Crippen molar-refractivity contribution in [2.24, 2.45) is 0 Å². The topological polar surface area (TPSA) is 102 Å². The Balaban J connectivity index is 1.53. The number of pyridine rings is 1. The number of methoxy groups -OCH3 is 2. The largest absolute Gasteiger partial charge is 0.497 e. The van der Waals surface area contributed by atoms with E-state index in [-0.39, 0.29) is 5.82 Å². The van der Waals surface area contributed by atoms with Gasteiger partial charge in [0.1, 0.15) is 22.9 Å². The minimum atomic E-state index is -1.20. The lowest BCUT2D eigenvalue weighted by atomic mass is 9.77. The van der Waals surface area contributed by atoms with E-state index in [1.165, 1.54) is 0 Å². The first-order valence-corrected chi connectivity index (χ1v) is 16.6. The summed E-state index contributed by atoms with van der Waals surface area (Å²) in [7, 11) is 3.31. The van der Waals surface area contributed by atoms with Crippen LogP contribution in [0.25, 0.3) is 10.9 Å². The molecule has 0 fully saturated rings. The molecule has 1 amide bonds. The predicted octanol–water partition coefficient (Wildman–Crippen LogP) is 8.59. The molecule has 0 aliphatic rings. The van der Waals surface area contributed by atoms with Crippen molar-refractivity contribution < 1.29 is 19.4 Å². The summed E-state index contributed by atoms with van der Waals surface area (Å²) in [6.45, 7) is 1.04. The number of rotatable bonds is 12. The molecule has 51 heavy (non-hydrogen) atoms. The SMILES string of the molecule is COc1ccc(CN(Cc2ccc(OC)cc2)c2nn(C(c3ccccc3)(c3ccccc3)c3ccccc3)c3cc(NC(=O)O)ncc23)cc1. The van der Waals surface area contributed by atoms with E-state index in [0.29, 0.717) is 24.4 Å². The minimum Gasteiger partial charge on any atom is -0.497 e. The number of carboxylic acid groups (broad SMARTS) is 1. The van der Waals surface area contributed by atoms with E-state index in [0.717, 1.165) is 44.7 Å². The van der Waals surface area contributed by atoms with Crippen molar-refractivity contribution >= 4 is 28.6 Å². The third-order valence-electron chi connectivity index (χ3n) is 9.04. The molecular weight excluding hydrogens is 638 g/mol. The maximum absolute atomic E-state index is 11.9. The minimum absolute atomic E-state index is 0.197. The van der Waals surface area contributed by atoms with E-state index in [1.807, 2.05) is 108 Å². The fraction of sp³-hybridized carbons (Fsp3) is 0.119. The Labute approximate surface area is 296 Å². The van der Waals surface area contributed by atoms with Crippen molar-refractivity contribution in [1.82, 2.24) is 14.8 Å². The van der Waals surface area contributed by atoms with Crippen molar-refractivity contribution in [2.75, 3.05) is 24.4 Å². The Morgan fingerprint density at radius 3 is 1.57 bits per heavy atom. The standard InChI is InChI=1S/C42H37N5O4/c1-50-35-22-18-30(19-23-35)28-46(29-31-20-24-36(51-2)25-21-31)40-37-27-43-39(44-41(48)49)26-38(37)47(45-40)42(32-12-6-3-7-13-32,33-14-8-4-9-15-33)34-16-10-5-11-17-34/h3-27H,28-29H2,1-2H3,(H,43,44)(H,48,49). The molecule has 0 bridgehead atoms. The van der Waals surface area contributed by atoms with E-state index in [4.69, 9.17) is 14.6 Å². The van der Waals surface area contributed by atoms with Crippen LogP contribution < -0.4 is 19.7 Å². The number of fused-ring (bicyclic) bond motifs is 1. The normalized spacial score (nSPS) is 11.3. The highest BCUT2D eigenvalue weighted by Crippen LogP contribution is 2.44. The highest BCUT2D eigenvalue weighted by atomic mass is 16.5. The molecule has 0 saturated heterocycles. The van der Waals surface area contributed by atoms with Crippen LogP contribution in [0.15, 0.2) is 152 Å². The molecule has 0 atom stereocenters. The average molecular weight is 676 g/mol. The van der Waals surface area contributed by atoms with Gasteiger partial charge >= 0.3 is 6.09 Å². The fourth-order valence-corrected chi connectivity index (χ4v) is 6.68. The van der Waals surface area contributed by atoms with Crippen LogP contribution in [0.2, 0.25) is 0 Å². The van der Waals surface area contributed by atoms with Crippen molar-refractivity contribution in [3.8, 4) is 11.5 Å². The lowest BCUT2D eigenvalue weighted by Gasteiger charge is -2.37. The Morgan fingerprint density at radius 2 is 1.16 bits per heavy atom. The number of nitrogens with zero attached hydrogens (tertiary/aromatic N) is 4. The number of aromatic nitrogens is 3. The highest BCUT2D eigenvalue weighted by Gasteiger charge is 2.41. The summed E-state index contributed by atoms with van der Waals surface area (Å²) in [5, 5.41) is 18.5. The van der Waals surface area contributed by atoms with Crippen molar-refractivity contribution in [2.45, 2.75) is 18.6 Å². The molecule has 5 aromatic carbocycles. The molecule has 2 aromatic heterocycles. The first-order chi connectivity index (χ1) is 25.0. The molecular formula is C42H37N5O4. The van der Waals surface area contributed by atoms with E-state index < -0.39 is 11.6 Å². The van der Waals surface area contributed by atoms with E-state index in [1.54, 1.807) is 26.5 Å². The van der Waals surface area contributed by atoms with Gasteiger partial charge in [0, 0.05) is 25.4 Å². The molecule has 7 rings (SSSR count). The second kappa shape index (κ2) is 14.5. The lowest BCUT2D eigenvalue weighted by molar-refractivity contribution is 0.209. The summed E-state index contributed by atoms with van der Waals surface area (Å²) < 4.78 is 12.9. The summed E-state index contributed by atoms with van der Waals surface area (Å²) in [4.78, 5) is 18.6. The van der Waals surface area contributed by atoms with Gasteiger partial charge in [-0.3, -0.25) is 5.32 Å². The van der Waals surface area contributed by atoms with Gasteiger partial charge in [-0.2, -0.15) is 5.10 Å². The van der Waals surface area contributed by atoms with E-state index in [9.17, 15) is 9.90 Å². The number of hydrogen-bond donors (Lipinski definition) is 2. The van der Waals surface area contributed by atoms with Gasteiger partial charge in [-0.05, 0) is 52.1 Å². The molecule has 2 heterocycles. The van der Waals surface area contributed by atoms with Gasteiger partial charge in [0.15, 0.2) is 5.82 Å². The van der Waals surface area contributed by atoms with Crippen LogP contribution in [0.3, 0.4) is 0 Å². The van der Waals surface area contributed by atoms with Crippen molar-refractivity contribution in [3.63, 3.8) is 0 Å². The molecule has 0 aliphatic heterocycles. The number of carbonyl (C=O) groups is 1. The first-order valence-electron chi connectivity index (χ1n) is 16.6. The number of amides is 1. The van der Waals surface area contributed by atoms with E-state index >= 15 is 0 Å². The molecule has 0 radical (unpaired) electrons. The fourth-order valence-electron chi connectivity index (χ4n) is 6.68. The summed E-state index contributed by atoms with van der Waals surface area (Å²) >= 11 is 0. The van der Waals surface area contributed by atoms with Crippen LogP contribution in [-0.4, -0.2) is 40.2 Å². The molecule has 0 spiro atoms. The van der Waals surface area contributed by atoms with Crippen LogP contribution in [0.1, 0.15) is 27.8 Å². The predicted molar refractivity (Wildman–Crippen MR) is 200 cm³/mol. The molecule has 0 unspecified atom stereocenters. The van der Waals surface area contributed by atoms with Crippen LogP contribution in [0.4, 0.5) is 16.4 Å². The molecule has 9 nitrogen and oxygen atoms in total. The van der Waals surface area contributed by atoms with Gasteiger partial charge in [0.2, 0.25) is 0 Å². The third-order valence-corrected chi connectivity index (χ3v) is 9.04. The number of ether oxygens (including phenoxy) is 2. The highest BCUT2D eigenvalue weighted by molar-refractivity contribution is 5.94. The third kappa shape index (κ3) is 6.57. The van der Waals surface area contributed by atoms with Gasteiger partial charge in [-0.1, -0.05) is 115 Å². The number of benzene rings is 5. The van der Waals surface area contributed by atoms with Crippen molar-refractivity contribution in [3.05, 3.63) is 180 Å². The van der Waals surface area contributed by atoms with Crippen LogP contribution >= 0.6 is 0 Å². The maximum Gasteiger partial charge on any atom is 0.410 e. The number of hydrogen-bond acceptors (Lipinski definition) is 6. The van der Waals surface area contributed by atoms with Crippen molar-refractivity contribution in [1.29, 1.82) is 0 Å². The molecule has 0 saturated carbocycles. The quantitative estimate of drug-likeness (QED) is 0.125. The summed E-state index contributed by atoms with van der Waals surface area (Å²) in [5.74, 6) is 2.44. The zero-order chi connectivity index (χ0) is 35.2. The monoisotopic (exact) mass is 675 g/mol. The second-order valence-electron chi connectivity index (χ2n) is 12.1. The Bertz CT molecular complexity index is 2080. The average Bonchev–Trinajstić information content (AvgIpc) is 3.55. The van der Waals surface area contributed by atoms with Gasteiger partial charge in [-0.15, -0.1) is 0 Å². The van der Waals surface area contributed by atoms with Crippen LogP contribution in [0, 0.1) is 0 Å². The van der Waals surface area contributed by atoms with Gasteiger partial charge in [0.05, 0.1) is 25.1 Å². The summed E-state index contributed by atoms with van der Waals surface area (Å²) in [6, 6.07) is 48.6. The lowest BCUT2D eigenvalue weighted by Crippen LogP contribution is -2.38. The second-order valence-corrected chi connectivity index (χ2v) is 12.1. The Morgan fingerprint density at radius 1 is 0.706 bits per heavy atom. The Hall–Kier alpha value is -6.61. The van der Waals surface area contributed by atoms with Gasteiger partial charge in [0.25, 0.3) is 0 Å². The number of anilines is 2. The molecule has 2 N–H and O–H groups in total. The van der Waals surface area contributed by atoms with Gasteiger partial charge in [-0.25, -0.2) is 14.5 Å².